The molecule has 0 amide bonds. The first-order valence-electron chi connectivity index (χ1n) is 5.81. The molecule has 1 saturated carbocycles. The van der Waals surface area contributed by atoms with Gasteiger partial charge in [0.05, 0.1) is 0 Å². The van der Waals surface area contributed by atoms with E-state index in [1.165, 1.54) is 38.5 Å². The molecule has 1 atom stereocenters. The summed E-state index contributed by atoms with van der Waals surface area (Å²) in [4.78, 5) is 0. The molecule has 1 aliphatic carbocycles. The lowest BCUT2D eigenvalue weighted by atomic mass is 9.73. The summed E-state index contributed by atoms with van der Waals surface area (Å²) in [5.74, 6) is 1.51. The SMILES string of the molecule is CC(C)CC(C)(N)C1CCCCC1. The van der Waals surface area contributed by atoms with E-state index in [0.29, 0.717) is 0 Å². The molecule has 0 radical (unpaired) electrons. The van der Waals surface area contributed by atoms with E-state index in [9.17, 15) is 0 Å². The van der Waals surface area contributed by atoms with Crippen LogP contribution in [0.4, 0.5) is 0 Å². The average molecular weight is 183 g/mol. The predicted octanol–water partition coefficient (Wildman–Crippen LogP) is 3.33. The molecule has 0 aromatic carbocycles. The topological polar surface area (TPSA) is 26.0 Å². The molecule has 1 fully saturated rings. The zero-order valence-electron chi connectivity index (χ0n) is 9.47. The summed E-state index contributed by atoms with van der Waals surface area (Å²) in [5, 5.41) is 0. The Kier molecular flexibility index (Phi) is 3.78. The van der Waals surface area contributed by atoms with Crippen molar-refractivity contribution in [2.45, 2.75) is 64.8 Å². The maximum atomic E-state index is 6.39. The van der Waals surface area contributed by atoms with Gasteiger partial charge in [-0.25, -0.2) is 0 Å². The van der Waals surface area contributed by atoms with E-state index in [2.05, 4.69) is 20.8 Å². The Balaban J connectivity index is 2.45. The predicted molar refractivity (Wildman–Crippen MR) is 58.6 cm³/mol. The molecule has 1 nitrogen and oxygen atoms in total. The molecule has 0 heterocycles. The maximum Gasteiger partial charge on any atom is 0.0156 e. The van der Waals surface area contributed by atoms with Gasteiger partial charge in [-0.3, -0.25) is 0 Å². The highest BCUT2D eigenvalue weighted by Crippen LogP contribution is 2.34. The molecule has 1 unspecified atom stereocenters. The van der Waals surface area contributed by atoms with Crippen molar-refractivity contribution in [2.75, 3.05) is 0 Å². The standard InChI is InChI=1S/C12H25N/c1-10(2)9-12(3,13)11-7-5-4-6-8-11/h10-11H,4-9,13H2,1-3H3. The average Bonchev–Trinajstić information content (AvgIpc) is 2.04. The highest BCUT2D eigenvalue weighted by atomic mass is 14.7. The van der Waals surface area contributed by atoms with Gasteiger partial charge in [-0.1, -0.05) is 33.1 Å². The van der Waals surface area contributed by atoms with Gasteiger partial charge >= 0.3 is 0 Å². The van der Waals surface area contributed by atoms with Gasteiger partial charge in [-0.05, 0) is 38.0 Å². The Bertz CT molecular complexity index is 143. The van der Waals surface area contributed by atoms with Gasteiger partial charge in [0.2, 0.25) is 0 Å². The molecule has 0 aromatic heterocycles. The smallest absolute Gasteiger partial charge is 0.0156 e. The number of nitrogens with two attached hydrogens (primary N) is 1. The van der Waals surface area contributed by atoms with Gasteiger partial charge in [-0.15, -0.1) is 0 Å². The van der Waals surface area contributed by atoms with E-state index in [1.54, 1.807) is 0 Å². The van der Waals surface area contributed by atoms with Gasteiger partial charge < -0.3 is 5.73 Å². The Morgan fingerprint density at radius 1 is 1.23 bits per heavy atom. The Morgan fingerprint density at radius 2 is 1.77 bits per heavy atom. The van der Waals surface area contributed by atoms with E-state index in [0.717, 1.165) is 11.8 Å². The van der Waals surface area contributed by atoms with Gasteiger partial charge in [0.15, 0.2) is 0 Å². The lowest BCUT2D eigenvalue weighted by Crippen LogP contribution is -2.46. The van der Waals surface area contributed by atoms with Crippen molar-refractivity contribution < 1.29 is 0 Å². The van der Waals surface area contributed by atoms with Crippen LogP contribution >= 0.6 is 0 Å². The molecule has 0 saturated heterocycles. The first-order chi connectivity index (χ1) is 6.02. The minimum atomic E-state index is 0.0919. The normalized spacial score (nSPS) is 24.7. The van der Waals surface area contributed by atoms with Crippen LogP contribution in [0.25, 0.3) is 0 Å². The molecule has 1 rings (SSSR count). The van der Waals surface area contributed by atoms with Crippen molar-refractivity contribution in [3.63, 3.8) is 0 Å². The van der Waals surface area contributed by atoms with Crippen molar-refractivity contribution in [1.82, 2.24) is 0 Å². The number of hydrogen-bond donors (Lipinski definition) is 1. The third-order valence-electron chi connectivity index (χ3n) is 3.39. The second kappa shape index (κ2) is 4.45. The van der Waals surface area contributed by atoms with Crippen LogP contribution in [0.3, 0.4) is 0 Å². The summed E-state index contributed by atoms with van der Waals surface area (Å²) in [6.45, 7) is 6.80. The second-order valence-electron chi connectivity index (χ2n) is 5.44. The van der Waals surface area contributed by atoms with Crippen molar-refractivity contribution in [3.05, 3.63) is 0 Å². The fraction of sp³-hybridized carbons (Fsp3) is 1.00. The number of rotatable bonds is 3. The largest absolute Gasteiger partial charge is 0.325 e. The fourth-order valence-electron chi connectivity index (χ4n) is 2.81. The second-order valence-corrected chi connectivity index (χ2v) is 5.44. The van der Waals surface area contributed by atoms with E-state index in [4.69, 9.17) is 5.73 Å². The van der Waals surface area contributed by atoms with Crippen LogP contribution < -0.4 is 5.73 Å². The van der Waals surface area contributed by atoms with E-state index in [-0.39, 0.29) is 5.54 Å². The van der Waals surface area contributed by atoms with Gasteiger partial charge in [0, 0.05) is 5.54 Å². The molecular weight excluding hydrogens is 158 g/mol. The van der Waals surface area contributed by atoms with Gasteiger partial charge in [0.25, 0.3) is 0 Å². The van der Waals surface area contributed by atoms with Crippen LogP contribution in [0.2, 0.25) is 0 Å². The first kappa shape index (κ1) is 11.0. The Labute approximate surface area is 83.1 Å². The van der Waals surface area contributed by atoms with Crippen LogP contribution in [0.1, 0.15) is 59.3 Å². The van der Waals surface area contributed by atoms with Crippen LogP contribution in [-0.2, 0) is 0 Å². The molecule has 13 heavy (non-hydrogen) atoms. The van der Waals surface area contributed by atoms with Gasteiger partial charge in [0.1, 0.15) is 0 Å². The zero-order valence-corrected chi connectivity index (χ0v) is 9.47. The Hall–Kier alpha value is -0.0400. The quantitative estimate of drug-likeness (QED) is 0.713. The van der Waals surface area contributed by atoms with Crippen molar-refractivity contribution in [1.29, 1.82) is 0 Å². The molecule has 0 aromatic rings. The summed E-state index contributed by atoms with van der Waals surface area (Å²) in [6, 6.07) is 0. The lowest BCUT2D eigenvalue weighted by Gasteiger charge is -2.38. The highest BCUT2D eigenvalue weighted by molar-refractivity contribution is 4.89. The molecule has 2 N–H and O–H groups in total. The fourth-order valence-corrected chi connectivity index (χ4v) is 2.81. The first-order valence-corrected chi connectivity index (χ1v) is 5.81. The molecule has 0 aliphatic heterocycles. The zero-order chi connectivity index (χ0) is 9.90. The van der Waals surface area contributed by atoms with Crippen molar-refractivity contribution >= 4 is 0 Å². The van der Waals surface area contributed by atoms with Crippen molar-refractivity contribution in [2.24, 2.45) is 17.6 Å². The summed E-state index contributed by atoms with van der Waals surface area (Å²) in [7, 11) is 0. The van der Waals surface area contributed by atoms with E-state index >= 15 is 0 Å². The molecule has 0 spiro atoms. The molecular formula is C12H25N. The van der Waals surface area contributed by atoms with Gasteiger partial charge in [-0.2, -0.15) is 0 Å². The van der Waals surface area contributed by atoms with E-state index < -0.39 is 0 Å². The minimum absolute atomic E-state index is 0.0919. The van der Waals surface area contributed by atoms with Crippen molar-refractivity contribution in [3.8, 4) is 0 Å². The molecule has 0 bridgehead atoms. The van der Waals surface area contributed by atoms with Crippen LogP contribution in [0, 0.1) is 11.8 Å². The van der Waals surface area contributed by atoms with Crippen LogP contribution in [0.5, 0.6) is 0 Å². The summed E-state index contributed by atoms with van der Waals surface area (Å²) < 4.78 is 0. The highest BCUT2D eigenvalue weighted by Gasteiger charge is 2.31. The number of hydrogen-bond acceptors (Lipinski definition) is 1. The lowest BCUT2D eigenvalue weighted by molar-refractivity contribution is 0.193. The minimum Gasteiger partial charge on any atom is -0.325 e. The van der Waals surface area contributed by atoms with Crippen LogP contribution in [-0.4, -0.2) is 5.54 Å². The summed E-state index contributed by atoms with van der Waals surface area (Å²) in [5.41, 5.74) is 6.48. The monoisotopic (exact) mass is 183 g/mol. The Morgan fingerprint density at radius 3 is 2.23 bits per heavy atom. The molecule has 1 aliphatic rings. The third kappa shape index (κ3) is 3.30. The maximum absolute atomic E-state index is 6.39. The summed E-state index contributed by atoms with van der Waals surface area (Å²) in [6.07, 6.45) is 8.12. The van der Waals surface area contributed by atoms with E-state index in [1.807, 2.05) is 0 Å². The summed E-state index contributed by atoms with van der Waals surface area (Å²) >= 11 is 0. The van der Waals surface area contributed by atoms with Crippen LogP contribution in [0.15, 0.2) is 0 Å². The third-order valence-corrected chi connectivity index (χ3v) is 3.39. The molecule has 1 heteroatoms. The molecule has 78 valence electrons.